The highest BCUT2D eigenvalue weighted by atomic mass is 33.1. The van der Waals surface area contributed by atoms with Crippen molar-refractivity contribution in [3.63, 3.8) is 0 Å². The number of carbonyl (C=O) groups is 4. The molecular weight excluding hydrogens is 1320 g/mol. The average Bonchev–Trinajstić information content (AvgIpc) is 3.62. The first-order valence-corrected chi connectivity index (χ1v) is 49.4. The zero-order valence-corrected chi connectivity index (χ0v) is 68.4. The van der Waals surface area contributed by atoms with Crippen LogP contribution in [0.3, 0.4) is 0 Å². The molecule has 0 heterocycles. The molecule has 0 saturated heterocycles. The predicted octanol–water partition coefficient (Wildman–Crippen LogP) is 21.5. The number of nitrogens with zero attached hydrogens (tertiary/aromatic N) is 3. The maximum absolute atomic E-state index is 13.1. The highest BCUT2D eigenvalue weighted by molar-refractivity contribution is 8.77. The molecule has 558 valence electrons. The minimum Gasteiger partial charge on any atom is -0.355 e. The molecule has 0 aliphatic heterocycles. The number of carbonyl (C=O) groups excluding carboxylic acids is 4. The summed E-state index contributed by atoms with van der Waals surface area (Å²) < 4.78 is 0. The highest BCUT2D eigenvalue weighted by Crippen LogP contribution is 2.26. The Morgan fingerprint density at radius 2 is 0.404 bits per heavy atom. The topological polar surface area (TPSA) is 126 Å². The Labute approximate surface area is 614 Å². The maximum atomic E-state index is 13.1. The van der Waals surface area contributed by atoms with Gasteiger partial charge in [0.25, 0.3) is 0 Å². The maximum Gasteiger partial charge on any atom is 0.221 e. The zero-order valence-electron chi connectivity index (χ0n) is 61.9. The Morgan fingerprint density at radius 3 is 0.606 bits per heavy atom. The number of unbranched alkanes of at least 4 members (excludes halogenated alkanes) is 36. The summed E-state index contributed by atoms with van der Waals surface area (Å²) in [6.45, 7) is 17.9. The summed E-state index contributed by atoms with van der Waals surface area (Å²) in [5, 5.41) is 12.7. The Balaban J connectivity index is 5.09. The Morgan fingerprint density at radius 1 is 0.223 bits per heavy atom. The molecule has 0 aromatic carbocycles. The molecule has 0 unspecified atom stereocenters. The summed E-state index contributed by atoms with van der Waals surface area (Å²) in [6.07, 6.45) is 58.1. The van der Waals surface area contributed by atoms with Crippen molar-refractivity contribution in [3.8, 4) is 0 Å². The van der Waals surface area contributed by atoms with Crippen LogP contribution < -0.4 is 21.3 Å². The van der Waals surface area contributed by atoms with Crippen LogP contribution in [0.1, 0.15) is 323 Å². The monoisotopic (exact) mass is 1470 g/mol. The van der Waals surface area contributed by atoms with Crippen molar-refractivity contribution in [1.82, 2.24) is 36.0 Å². The molecule has 0 spiro atoms. The van der Waals surface area contributed by atoms with Crippen LogP contribution in [0.15, 0.2) is 0 Å². The number of rotatable bonds is 80. The second-order valence-electron chi connectivity index (χ2n) is 26.4. The van der Waals surface area contributed by atoms with E-state index < -0.39 is 0 Å². The van der Waals surface area contributed by atoms with Crippen LogP contribution in [0.25, 0.3) is 0 Å². The van der Waals surface area contributed by atoms with Gasteiger partial charge in [-0.25, -0.2) is 0 Å². The van der Waals surface area contributed by atoms with Gasteiger partial charge in [0.1, 0.15) is 0 Å². The first kappa shape index (κ1) is 94.6. The van der Waals surface area contributed by atoms with Gasteiger partial charge >= 0.3 is 0 Å². The summed E-state index contributed by atoms with van der Waals surface area (Å²) >= 11 is 0. The molecule has 0 aromatic rings. The third kappa shape index (κ3) is 76.7. The van der Waals surface area contributed by atoms with E-state index in [-0.39, 0.29) is 23.6 Å². The molecule has 0 aromatic heterocycles. The molecule has 0 radical (unpaired) electrons. The molecule has 4 amide bonds. The van der Waals surface area contributed by atoms with Gasteiger partial charge in [0.2, 0.25) is 23.6 Å². The molecule has 0 aliphatic carbocycles. The van der Waals surface area contributed by atoms with E-state index in [1.807, 2.05) is 86.4 Å². The van der Waals surface area contributed by atoms with Crippen LogP contribution in [-0.4, -0.2) is 170 Å². The Kier molecular flexibility index (Phi) is 81.3. The van der Waals surface area contributed by atoms with Gasteiger partial charge < -0.3 is 36.0 Å². The van der Waals surface area contributed by atoms with Crippen molar-refractivity contribution in [1.29, 1.82) is 0 Å². The fourth-order valence-electron chi connectivity index (χ4n) is 11.3. The SMILES string of the molecule is CCCCCCCCCCCCSSCCNC(=O)CCN(CCCN(C)CCCN(CCC(=O)NCCSSCCCCCCCCCCCC)CCC(=O)NCCSSCCCCCCCCCCCC)CCC(=O)NCCSSCCCCCCCCCCCC. The number of hydrogen-bond acceptors (Lipinski definition) is 15. The highest BCUT2D eigenvalue weighted by Gasteiger charge is 2.15. The first-order valence-electron chi connectivity index (χ1n) is 39.4. The molecule has 0 atom stereocenters. The number of nitrogens with one attached hydrogen (secondary N) is 4. The van der Waals surface area contributed by atoms with E-state index in [2.05, 4.69) is 70.7 Å². The summed E-state index contributed by atoms with van der Waals surface area (Å²) in [5.41, 5.74) is 0. The van der Waals surface area contributed by atoms with E-state index in [0.717, 1.165) is 62.0 Å². The smallest absolute Gasteiger partial charge is 0.221 e. The van der Waals surface area contributed by atoms with Gasteiger partial charge in [-0.05, 0) is 71.8 Å². The molecule has 0 rings (SSSR count). The lowest BCUT2D eigenvalue weighted by Gasteiger charge is -2.25. The lowest BCUT2D eigenvalue weighted by molar-refractivity contribution is -0.123. The quantitative estimate of drug-likeness (QED) is 0.0341. The molecule has 94 heavy (non-hydrogen) atoms. The van der Waals surface area contributed by atoms with Crippen LogP contribution in [0.4, 0.5) is 0 Å². The predicted molar refractivity (Wildman–Crippen MR) is 437 cm³/mol. The second kappa shape index (κ2) is 80.9. The van der Waals surface area contributed by atoms with Crippen LogP contribution in [-0.2, 0) is 19.2 Å². The molecule has 0 fully saturated rings. The first-order chi connectivity index (χ1) is 46.2. The van der Waals surface area contributed by atoms with Crippen molar-refractivity contribution < 1.29 is 19.2 Å². The van der Waals surface area contributed by atoms with E-state index in [1.54, 1.807) is 0 Å². The van der Waals surface area contributed by atoms with Crippen molar-refractivity contribution in [3.05, 3.63) is 0 Å². The summed E-state index contributed by atoms with van der Waals surface area (Å²) in [6, 6.07) is 0. The van der Waals surface area contributed by atoms with Crippen LogP contribution in [0.5, 0.6) is 0 Å². The fourth-order valence-corrected chi connectivity index (χ4v) is 19.5. The van der Waals surface area contributed by atoms with Gasteiger partial charge in [0, 0.05) is 124 Å². The van der Waals surface area contributed by atoms with E-state index in [1.165, 1.54) is 280 Å². The lowest BCUT2D eigenvalue weighted by Crippen LogP contribution is -2.37. The van der Waals surface area contributed by atoms with Crippen molar-refractivity contribution >= 4 is 110 Å². The number of hydrogen-bond donors (Lipinski definition) is 4. The molecule has 0 saturated carbocycles. The van der Waals surface area contributed by atoms with E-state index >= 15 is 0 Å². The molecule has 4 N–H and O–H groups in total. The standard InChI is InChI=1S/C75H151N7O4S8/c1-6-10-14-18-22-26-30-34-38-42-64-87-91-68-52-76-72(83)48-60-81(61-49-73(84)77-53-69-92-88-65-43-39-35-31-27-23-19-15-11-7-2)58-46-56-80(5)57-47-59-82(62-50-74(85)78-54-70-93-89-66-44-40-36-32-28-24-20-16-12-8-3)63-51-75(86)79-55-71-94-90-67-45-41-37-33-29-25-21-17-13-9-4/h6-71H2,1-5H3,(H,76,83)(H,77,84)(H,78,85)(H,79,86). The van der Waals surface area contributed by atoms with Crippen LogP contribution >= 0.6 is 86.4 Å². The zero-order chi connectivity index (χ0) is 68.2. The molecule has 19 heteroatoms. The van der Waals surface area contributed by atoms with Gasteiger partial charge in [-0.1, -0.05) is 345 Å². The molecule has 11 nitrogen and oxygen atoms in total. The molecule has 0 aliphatic rings. The van der Waals surface area contributed by atoms with Gasteiger partial charge in [-0.15, -0.1) is 0 Å². The normalized spacial score (nSPS) is 11.7. The van der Waals surface area contributed by atoms with Gasteiger partial charge in [-0.2, -0.15) is 0 Å². The number of amides is 4. The minimum atomic E-state index is 0.0879. The van der Waals surface area contributed by atoms with E-state index in [0.29, 0.717) is 78.0 Å². The Bertz CT molecular complexity index is 1380. The second-order valence-corrected chi connectivity index (χ2v) is 37.2. The van der Waals surface area contributed by atoms with Gasteiger partial charge in [-0.3, -0.25) is 19.2 Å². The van der Waals surface area contributed by atoms with Crippen molar-refractivity contribution in [2.24, 2.45) is 0 Å². The fraction of sp³-hybridized carbons (Fsp3) is 0.947. The summed E-state index contributed by atoms with van der Waals surface area (Å²) in [7, 11) is 17.4. The van der Waals surface area contributed by atoms with Gasteiger partial charge in [0.15, 0.2) is 0 Å². The van der Waals surface area contributed by atoms with Crippen molar-refractivity contribution in [2.45, 2.75) is 323 Å². The van der Waals surface area contributed by atoms with Gasteiger partial charge in [0.05, 0.1) is 0 Å². The molecule has 0 bridgehead atoms. The van der Waals surface area contributed by atoms with Crippen LogP contribution in [0, 0.1) is 0 Å². The van der Waals surface area contributed by atoms with E-state index in [4.69, 9.17) is 0 Å². The largest absolute Gasteiger partial charge is 0.355 e. The van der Waals surface area contributed by atoms with E-state index in [9.17, 15) is 19.2 Å². The van der Waals surface area contributed by atoms with Crippen LogP contribution in [0.2, 0.25) is 0 Å². The summed E-state index contributed by atoms with van der Waals surface area (Å²) in [4.78, 5) is 59.5. The molecular formula is C75H151N7O4S8. The third-order valence-electron chi connectivity index (χ3n) is 17.3. The Hall–Kier alpha value is 0.560. The average molecular weight is 1470 g/mol. The third-order valence-corrected chi connectivity index (χ3v) is 27.3. The minimum absolute atomic E-state index is 0.0879. The van der Waals surface area contributed by atoms with Crippen molar-refractivity contribution in [2.75, 3.05) is 132 Å². The summed E-state index contributed by atoms with van der Waals surface area (Å²) in [5.74, 6) is 8.74. The lowest BCUT2D eigenvalue weighted by atomic mass is 10.1.